The third-order valence-corrected chi connectivity index (χ3v) is 4.88. The first-order valence-corrected chi connectivity index (χ1v) is 6.76. The SMILES string of the molecule is CCC(C)c1nc(C2(CN)CCC2)cs1. The van der Waals surface area contributed by atoms with E-state index in [0.29, 0.717) is 5.92 Å². The number of thiazole rings is 1. The van der Waals surface area contributed by atoms with E-state index in [2.05, 4.69) is 19.2 Å². The maximum absolute atomic E-state index is 5.88. The van der Waals surface area contributed by atoms with E-state index >= 15 is 0 Å². The summed E-state index contributed by atoms with van der Waals surface area (Å²) >= 11 is 1.81. The van der Waals surface area contributed by atoms with Crippen molar-refractivity contribution in [2.24, 2.45) is 5.73 Å². The van der Waals surface area contributed by atoms with Gasteiger partial charge in [0.15, 0.2) is 0 Å². The van der Waals surface area contributed by atoms with Crippen LogP contribution >= 0.6 is 11.3 Å². The van der Waals surface area contributed by atoms with E-state index in [1.165, 1.54) is 36.4 Å². The summed E-state index contributed by atoms with van der Waals surface area (Å²) in [6, 6.07) is 0. The quantitative estimate of drug-likeness (QED) is 0.853. The zero-order valence-electron chi connectivity index (χ0n) is 9.62. The van der Waals surface area contributed by atoms with Crippen LogP contribution in [0.25, 0.3) is 0 Å². The number of rotatable bonds is 4. The van der Waals surface area contributed by atoms with Crippen LogP contribution < -0.4 is 5.73 Å². The predicted octanol–water partition coefficient (Wildman–Crippen LogP) is 3.04. The highest BCUT2D eigenvalue weighted by Gasteiger charge is 2.39. The van der Waals surface area contributed by atoms with Crippen molar-refractivity contribution < 1.29 is 0 Å². The van der Waals surface area contributed by atoms with Crippen molar-refractivity contribution >= 4 is 11.3 Å². The summed E-state index contributed by atoms with van der Waals surface area (Å²) in [7, 11) is 0. The lowest BCUT2D eigenvalue weighted by Gasteiger charge is -2.39. The minimum Gasteiger partial charge on any atom is -0.330 e. The van der Waals surface area contributed by atoms with E-state index in [4.69, 9.17) is 10.7 Å². The fraction of sp³-hybridized carbons (Fsp3) is 0.750. The Morgan fingerprint density at radius 3 is 2.80 bits per heavy atom. The average Bonchev–Trinajstić information content (AvgIpc) is 2.65. The predicted molar refractivity (Wildman–Crippen MR) is 65.4 cm³/mol. The lowest BCUT2D eigenvalue weighted by molar-refractivity contribution is 0.246. The van der Waals surface area contributed by atoms with Gasteiger partial charge in [-0.2, -0.15) is 0 Å². The Balaban J connectivity index is 2.19. The van der Waals surface area contributed by atoms with Gasteiger partial charge in [0, 0.05) is 23.3 Å². The highest BCUT2D eigenvalue weighted by Crippen LogP contribution is 2.43. The number of hydrogen-bond acceptors (Lipinski definition) is 3. The fourth-order valence-corrected chi connectivity index (χ4v) is 3.19. The van der Waals surface area contributed by atoms with Gasteiger partial charge in [-0.05, 0) is 19.3 Å². The fourth-order valence-electron chi connectivity index (χ4n) is 2.10. The van der Waals surface area contributed by atoms with Crippen LogP contribution in [0.1, 0.15) is 56.2 Å². The molecule has 0 aliphatic heterocycles. The van der Waals surface area contributed by atoms with Crippen molar-refractivity contribution in [3.8, 4) is 0 Å². The van der Waals surface area contributed by atoms with Crippen LogP contribution in [0.2, 0.25) is 0 Å². The molecule has 1 fully saturated rings. The summed E-state index contributed by atoms with van der Waals surface area (Å²) in [5.41, 5.74) is 7.38. The Hall–Kier alpha value is -0.410. The number of aromatic nitrogens is 1. The topological polar surface area (TPSA) is 38.9 Å². The molecular formula is C12H20N2S. The van der Waals surface area contributed by atoms with Gasteiger partial charge in [-0.25, -0.2) is 4.98 Å². The van der Waals surface area contributed by atoms with Crippen LogP contribution in [-0.2, 0) is 5.41 Å². The van der Waals surface area contributed by atoms with Crippen molar-refractivity contribution in [3.05, 3.63) is 16.1 Å². The second-order valence-corrected chi connectivity index (χ2v) is 5.61. The molecule has 1 aliphatic carbocycles. The van der Waals surface area contributed by atoms with Crippen LogP contribution in [0.15, 0.2) is 5.38 Å². The lowest BCUT2D eigenvalue weighted by atomic mass is 9.67. The minimum absolute atomic E-state index is 0.238. The van der Waals surface area contributed by atoms with Gasteiger partial charge in [-0.1, -0.05) is 20.3 Å². The maximum Gasteiger partial charge on any atom is 0.0956 e. The van der Waals surface area contributed by atoms with Gasteiger partial charge in [-0.3, -0.25) is 0 Å². The molecule has 1 unspecified atom stereocenters. The summed E-state index contributed by atoms with van der Waals surface area (Å²) in [5.74, 6) is 0.596. The lowest BCUT2D eigenvalue weighted by Crippen LogP contribution is -2.41. The Labute approximate surface area is 95.9 Å². The number of nitrogens with two attached hydrogens (primary N) is 1. The molecule has 3 heteroatoms. The molecule has 2 N–H and O–H groups in total. The molecule has 1 aliphatic rings. The normalized spacial score (nSPS) is 21.0. The summed E-state index contributed by atoms with van der Waals surface area (Å²) in [4.78, 5) is 4.78. The molecule has 1 heterocycles. The van der Waals surface area contributed by atoms with Crippen LogP contribution in [-0.4, -0.2) is 11.5 Å². The summed E-state index contributed by atoms with van der Waals surface area (Å²) in [6.45, 7) is 5.23. The highest BCUT2D eigenvalue weighted by molar-refractivity contribution is 7.09. The van der Waals surface area contributed by atoms with Crippen LogP contribution in [0.3, 0.4) is 0 Å². The summed E-state index contributed by atoms with van der Waals surface area (Å²) < 4.78 is 0. The largest absolute Gasteiger partial charge is 0.330 e. The van der Waals surface area contributed by atoms with Crippen LogP contribution in [0.5, 0.6) is 0 Å². The molecule has 0 radical (unpaired) electrons. The number of hydrogen-bond donors (Lipinski definition) is 1. The molecule has 84 valence electrons. The van der Waals surface area contributed by atoms with Gasteiger partial charge in [0.05, 0.1) is 10.7 Å². The van der Waals surface area contributed by atoms with Gasteiger partial charge >= 0.3 is 0 Å². The summed E-state index contributed by atoms with van der Waals surface area (Å²) in [5, 5.41) is 3.51. The first-order chi connectivity index (χ1) is 7.22. The Morgan fingerprint density at radius 2 is 2.33 bits per heavy atom. The molecule has 1 aromatic heterocycles. The van der Waals surface area contributed by atoms with Crippen molar-refractivity contribution in [3.63, 3.8) is 0 Å². The van der Waals surface area contributed by atoms with E-state index in [-0.39, 0.29) is 5.41 Å². The van der Waals surface area contributed by atoms with Gasteiger partial charge in [0.25, 0.3) is 0 Å². The molecule has 0 aromatic carbocycles. The molecule has 1 aromatic rings. The second kappa shape index (κ2) is 4.22. The van der Waals surface area contributed by atoms with Crippen molar-refractivity contribution in [1.82, 2.24) is 4.98 Å². The molecule has 1 saturated carbocycles. The Kier molecular flexibility index (Phi) is 3.12. The van der Waals surface area contributed by atoms with Crippen LogP contribution in [0, 0.1) is 0 Å². The molecule has 0 amide bonds. The molecule has 0 saturated heterocycles. The third kappa shape index (κ3) is 1.83. The smallest absolute Gasteiger partial charge is 0.0956 e. The third-order valence-electron chi connectivity index (χ3n) is 3.80. The van der Waals surface area contributed by atoms with Crippen molar-refractivity contribution in [1.29, 1.82) is 0 Å². The van der Waals surface area contributed by atoms with Gasteiger partial charge in [0.1, 0.15) is 0 Å². The van der Waals surface area contributed by atoms with E-state index < -0.39 is 0 Å². The second-order valence-electron chi connectivity index (χ2n) is 4.72. The monoisotopic (exact) mass is 224 g/mol. The Bertz CT molecular complexity index is 323. The van der Waals surface area contributed by atoms with Crippen molar-refractivity contribution in [2.75, 3.05) is 6.54 Å². The first kappa shape index (κ1) is 11.1. The average molecular weight is 224 g/mol. The molecular weight excluding hydrogens is 204 g/mol. The van der Waals surface area contributed by atoms with Gasteiger partial charge in [0.2, 0.25) is 0 Å². The van der Waals surface area contributed by atoms with E-state index in [0.717, 1.165) is 6.54 Å². The zero-order valence-corrected chi connectivity index (χ0v) is 10.4. The van der Waals surface area contributed by atoms with Gasteiger partial charge in [-0.15, -0.1) is 11.3 Å². The van der Waals surface area contributed by atoms with E-state index in [9.17, 15) is 0 Å². The molecule has 0 spiro atoms. The minimum atomic E-state index is 0.238. The molecule has 15 heavy (non-hydrogen) atoms. The van der Waals surface area contributed by atoms with Crippen molar-refractivity contribution in [2.45, 2.75) is 50.9 Å². The molecule has 1 atom stereocenters. The molecule has 2 nitrogen and oxygen atoms in total. The zero-order chi connectivity index (χ0) is 10.9. The van der Waals surface area contributed by atoms with E-state index in [1.807, 2.05) is 11.3 Å². The standard InChI is InChI=1S/C12H20N2S/c1-3-9(2)11-14-10(7-15-11)12(8-13)5-4-6-12/h7,9H,3-6,8,13H2,1-2H3. The number of nitrogens with zero attached hydrogens (tertiary/aromatic N) is 1. The maximum atomic E-state index is 5.88. The summed E-state index contributed by atoms with van der Waals surface area (Å²) in [6.07, 6.45) is 4.94. The molecule has 2 rings (SSSR count). The van der Waals surface area contributed by atoms with Gasteiger partial charge < -0.3 is 5.73 Å². The highest BCUT2D eigenvalue weighted by atomic mass is 32.1. The molecule has 0 bridgehead atoms. The Morgan fingerprint density at radius 1 is 1.60 bits per heavy atom. The van der Waals surface area contributed by atoms with Crippen LogP contribution in [0.4, 0.5) is 0 Å². The first-order valence-electron chi connectivity index (χ1n) is 5.88. The van der Waals surface area contributed by atoms with E-state index in [1.54, 1.807) is 0 Å².